The number of hydrogen-bond donors (Lipinski definition) is 2. The maximum absolute atomic E-state index is 13.2. The molecule has 26 heavy (non-hydrogen) atoms. The van der Waals surface area contributed by atoms with E-state index in [1.165, 1.54) is 30.5 Å². The fourth-order valence-electron chi connectivity index (χ4n) is 2.62. The molecule has 2 N–H and O–H groups in total. The fourth-order valence-corrected chi connectivity index (χ4v) is 2.62. The van der Waals surface area contributed by atoms with Gasteiger partial charge >= 0.3 is 0 Å². The van der Waals surface area contributed by atoms with E-state index in [9.17, 15) is 9.18 Å². The predicted octanol–water partition coefficient (Wildman–Crippen LogP) is 4.48. The molecule has 1 amide bonds. The first-order valence-electron chi connectivity index (χ1n) is 8.32. The Bertz CT molecular complexity index is 943. The average molecular weight is 350 g/mol. The Morgan fingerprint density at radius 3 is 2.73 bits per heavy atom. The number of aryl methyl sites for hydroxylation is 2. The molecule has 3 rings (SSSR count). The highest BCUT2D eigenvalue weighted by Gasteiger charge is 2.11. The molecule has 0 bridgehead atoms. The normalized spacial score (nSPS) is 10.4. The molecular formula is C20H19FN4O. The number of para-hydroxylation sites is 1. The first-order valence-corrected chi connectivity index (χ1v) is 8.32. The summed E-state index contributed by atoms with van der Waals surface area (Å²) in [6.45, 7) is 4.08. The maximum atomic E-state index is 13.2. The first-order chi connectivity index (χ1) is 12.6. The molecule has 0 unspecified atom stereocenters. The van der Waals surface area contributed by atoms with Crippen molar-refractivity contribution in [1.82, 2.24) is 9.97 Å². The van der Waals surface area contributed by atoms with E-state index in [0.717, 1.165) is 23.2 Å². The van der Waals surface area contributed by atoms with Gasteiger partial charge in [-0.1, -0.05) is 31.2 Å². The van der Waals surface area contributed by atoms with Crippen molar-refractivity contribution in [2.24, 2.45) is 0 Å². The Morgan fingerprint density at radius 2 is 1.96 bits per heavy atom. The summed E-state index contributed by atoms with van der Waals surface area (Å²) in [5.41, 5.74) is 3.72. The van der Waals surface area contributed by atoms with E-state index in [4.69, 9.17) is 0 Å². The van der Waals surface area contributed by atoms with E-state index in [0.29, 0.717) is 11.6 Å². The lowest BCUT2D eigenvalue weighted by Crippen LogP contribution is -2.15. The molecule has 1 heterocycles. The lowest BCUT2D eigenvalue weighted by atomic mass is 10.1. The number of rotatable bonds is 5. The molecule has 0 atom stereocenters. The van der Waals surface area contributed by atoms with Crippen LogP contribution in [0, 0.1) is 12.7 Å². The highest BCUT2D eigenvalue weighted by Crippen LogP contribution is 2.23. The molecule has 3 aromatic rings. The summed E-state index contributed by atoms with van der Waals surface area (Å²) in [6.07, 6.45) is 2.38. The zero-order valence-corrected chi connectivity index (χ0v) is 14.6. The first kappa shape index (κ1) is 17.5. The molecular weight excluding hydrogens is 331 g/mol. The van der Waals surface area contributed by atoms with Gasteiger partial charge in [0.15, 0.2) is 0 Å². The van der Waals surface area contributed by atoms with Gasteiger partial charge in [-0.25, -0.2) is 14.4 Å². The summed E-state index contributed by atoms with van der Waals surface area (Å²) in [7, 11) is 0. The molecule has 2 aromatic carbocycles. The number of nitrogens with zero attached hydrogens (tertiary/aromatic N) is 2. The second kappa shape index (κ2) is 7.74. The van der Waals surface area contributed by atoms with Gasteiger partial charge in [-0.3, -0.25) is 4.79 Å². The van der Waals surface area contributed by atoms with Crippen LogP contribution in [-0.2, 0) is 6.42 Å². The Morgan fingerprint density at radius 1 is 1.15 bits per heavy atom. The van der Waals surface area contributed by atoms with Gasteiger partial charge < -0.3 is 10.6 Å². The van der Waals surface area contributed by atoms with E-state index >= 15 is 0 Å². The number of carbonyl (C=O) groups excluding carboxylic acids is 1. The van der Waals surface area contributed by atoms with Crippen molar-refractivity contribution in [3.05, 3.63) is 77.4 Å². The van der Waals surface area contributed by atoms with Crippen LogP contribution in [0.5, 0.6) is 0 Å². The standard InChI is InChI=1S/C20H19FN4O/c1-3-14-7-4-6-13(2)18(14)25-20-22-11-10-17(24-20)19(26)23-16-9-5-8-15(21)12-16/h4-12H,3H2,1-2H3,(H,23,26)(H,22,24,25). The summed E-state index contributed by atoms with van der Waals surface area (Å²) in [5, 5.41) is 5.82. The molecule has 0 spiro atoms. The number of nitrogens with one attached hydrogen (secondary N) is 2. The molecule has 0 saturated heterocycles. The summed E-state index contributed by atoms with van der Waals surface area (Å²) in [6, 6.07) is 13.3. The minimum atomic E-state index is -0.429. The van der Waals surface area contributed by atoms with Crippen molar-refractivity contribution in [2.75, 3.05) is 10.6 Å². The van der Waals surface area contributed by atoms with Crippen LogP contribution in [0.1, 0.15) is 28.5 Å². The highest BCUT2D eigenvalue weighted by molar-refractivity contribution is 6.03. The third kappa shape index (κ3) is 4.03. The fraction of sp³-hybridized carbons (Fsp3) is 0.150. The second-order valence-corrected chi connectivity index (χ2v) is 5.82. The van der Waals surface area contributed by atoms with Crippen LogP contribution in [0.3, 0.4) is 0 Å². The van der Waals surface area contributed by atoms with Crippen molar-refractivity contribution in [2.45, 2.75) is 20.3 Å². The van der Waals surface area contributed by atoms with Crippen LogP contribution >= 0.6 is 0 Å². The van der Waals surface area contributed by atoms with Crippen LogP contribution in [0.25, 0.3) is 0 Å². The number of hydrogen-bond acceptors (Lipinski definition) is 4. The topological polar surface area (TPSA) is 66.9 Å². The summed E-state index contributed by atoms with van der Waals surface area (Å²) >= 11 is 0. The number of aromatic nitrogens is 2. The minimum absolute atomic E-state index is 0.193. The molecule has 0 aliphatic carbocycles. The van der Waals surface area contributed by atoms with Crippen molar-refractivity contribution >= 4 is 23.2 Å². The Labute approximate surface area is 151 Å². The summed E-state index contributed by atoms with van der Waals surface area (Å²) < 4.78 is 13.2. The van der Waals surface area contributed by atoms with Crippen molar-refractivity contribution in [3.63, 3.8) is 0 Å². The van der Waals surface area contributed by atoms with Crippen LogP contribution < -0.4 is 10.6 Å². The molecule has 132 valence electrons. The highest BCUT2D eigenvalue weighted by atomic mass is 19.1. The second-order valence-electron chi connectivity index (χ2n) is 5.82. The van der Waals surface area contributed by atoms with E-state index < -0.39 is 11.7 Å². The van der Waals surface area contributed by atoms with E-state index in [-0.39, 0.29) is 5.69 Å². The van der Waals surface area contributed by atoms with Gasteiger partial charge in [0.1, 0.15) is 11.5 Å². The molecule has 5 nitrogen and oxygen atoms in total. The van der Waals surface area contributed by atoms with Gasteiger partial charge in [-0.05, 0) is 48.7 Å². The number of halogens is 1. The summed E-state index contributed by atoms with van der Waals surface area (Å²) in [4.78, 5) is 20.8. The number of carbonyl (C=O) groups is 1. The molecule has 1 aromatic heterocycles. The SMILES string of the molecule is CCc1cccc(C)c1Nc1nccc(C(=O)Nc2cccc(F)c2)n1. The Hall–Kier alpha value is -3.28. The zero-order valence-electron chi connectivity index (χ0n) is 14.6. The molecule has 0 fully saturated rings. The lowest BCUT2D eigenvalue weighted by molar-refractivity contribution is 0.102. The maximum Gasteiger partial charge on any atom is 0.274 e. The van der Waals surface area contributed by atoms with Crippen molar-refractivity contribution in [1.29, 1.82) is 0 Å². The quantitative estimate of drug-likeness (QED) is 0.712. The van der Waals surface area contributed by atoms with E-state index in [1.54, 1.807) is 6.07 Å². The predicted molar refractivity (Wildman–Crippen MR) is 100 cm³/mol. The van der Waals surface area contributed by atoms with Crippen LogP contribution in [0.15, 0.2) is 54.7 Å². The summed E-state index contributed by atoms with van der Waals surface area (Å²) in [5.74, 6) is -0.512. The zero-order chi connectivity index (χ0) is 18.5. The van der Waals surface area contributed by atoms with Gasteiger partial charge in [0.2, 0.25) is 5.95 Å². The van der Waals surface area contributed by atoms with E-state index in [2.05, 4.69) is 27.5 Å². The lowest BCUT2D eigenvalue weighted by Gasteiger charge is -2.13. The van der Waals surface area contributed by atoms with Gasteiger partial charge in [0, 0.05) is 17.6 Å². The molecule has 0 aliphatic rings. The minimum Gasteiger partial charge on any atom is -0.324 e. The Kier molecular flexibility index (Phi) is 5.22. The Balaban J connectivity index is 1.81. The number of benzene rings is 2. The van der Waals surface area contributed by atoms with E-state index in [1.807, 2.05) is 25.1 Å². The van der Waals surface area contributed by atoms with Gasteiger partial charge in [0.25, 0.3) is 5.91 Å². The molecule has 6 heteroatoms. The van der Waals surface area contributed by atoms with Crippen molar-refractivity contribution < 1.29 is 9.18 Å². The average Bonchev–Trinajstić information content (AvgIpc) is 2.63. The van der Waals surface area contributed by atoms with Gasteiger partial charge in [-0.2, -0.15) is 0 Å². The van der Waals surface area contributed by atoms with Crippen LogP contribution in [0.4, 0.5) is 21.7 Å². The smallest absolute Gasteiger partial charge is 0.274 e. The van der Waals surface area contributed by atoms with Crippen LogP contribution in [-0.4, -0.2) is 15.9 Å². The molecule has 0 radical (unpaired) electrons. The van der Waals surface area contributed by atoms with Crippen molar-refractivity contribution in [3.8, 4) is 0 Å². The largest absolute Gasteiger partial charge is 0.324 e. The number of amides is 1. The van der Waals surface area contributed by atoms with Gasteiger partial charge in [0.05, 0.1) is 0 Å². The third-order valence-corrected chi connectivity index (χ3v) is 3.95. The molecule has 0 aliphatic heterocycles. The molecule has 0 saturated carbocycles. The monoisotopic (exact) mass is 350 g/mol. The third-order valence-electron chi connectivity index (χ3n) is 3.95. The van der Waals surface area contributed by atoms with Crippen LogP contribution in [0.2, 0.25) is 0 Å². The number of anilines is 3. The van der Waals surface area contributed by atoms with Gasteiger partial charge in [-0.15, -0.1) is 0 Å².